The molecule has 0 bridgehead atoms. The number of benzene rings is 1. The Bertz CT molecular complexity index is 792. The van der Waals surface area contributed by atoms with Crippen LogP contribution in [0.5, 0.6) is 0 Å². The number of hydrogen-bond acceptors (Lipinski definition) is 4. The Hall–Kier alpha value is -1.70. The highest BCUT2D eigenvalue weighted by molar-refractivity contribution is 7.85. The quantitative estimate of drug-likeness (QED) is 0.156. The molecule has 2 N–H and O–H groups in total. The maximum Gasteiger partial charge on any atom is 0.294 e. The van der Waals surface area contributed by atoms with E-state index in [2.05, 4.69) is 23.7 Å². The molecule has 0 saturated carbocycles. The van der Waals surface area contributed by atoms with Gasteiger partial charge in [0.05, 0.1) is 4.90 Å². The molecule has 0 unspecified atom stereocenters. The van der Waals surface area contributed by atoms with Gasteiger partial charge in [-0.1, -0.05) is 89.5 Å². The van der Waals surface area contributed by atoms with Crippen LogP contribution in [0.1, 0.15) is 90.0 Å². The van der Waals surface area contributed by atoms with Gasteiger partial charge < -0.3 is 10.2 Å². The van der Waals surface area contributed by atoms with Gasteiger partial charge in [0.1, 0.15) is 0 Å². The Morgan fingerprint density at radius 2 is 1.47 bits per heavy atom. The van der Waals surface area contributed by atoms with Crippen molar-refractivity contribution in [3.63, 3.8) is 0 Å². The van der Waals surface area contributed by atoms with Crippen LogP contribution in [0, 0.1) is 0 Å². The maximum absolute atomic E-state index is 11.3. The Morgan fingerprint density at radius 1 is 0.941 bits per heavy atom. The van der Waals surface area contributed by atoms with E-state index in [4.69, 9.17) is 0 Å². The van der Waals surface area contributed by atoms with E-state index in [0.29, 0.717) is 12.0 Å². The first kappa shape index (κ1) is 32.3. The topological polar surface area (TPSA) is 86.7 Å². The Balaban J connectivity index is 0.000000770. The summed E-state index contributed by atoms with van der Waals surface area (Å²) >= 11 is 0. The lowest BCUT2D eigenvalue weighted by atomic mass is 10.0. The number of nitrogens with zero attached hydrogens (tertiary/aromatic N) is 1. The zero-order valence-corrected chi connectivity index (χ0v) is 22.8. The van der Waals surface area contributed by atoms with E-state index >= 15 is 0 Å². The molecule has 0 aliphatic carbocycles. The van der Waals surface area contributed by atoms with Crippen LogP contribution in [0.3, 0.4) is 0 Å². The van der Waals surface area contributed by atoms with Gasteiger partial charge in [-0.15, -0.1) is 0 Å². The molecule has 0 heterocycles. The zero-order valence-electron chi connectivity index (χ0n) is 21.9. The molecule has 1 rings (SSSR count). The first-order valence-electron chi connectivity index (χ1n) is 12.7. The fourth-order valence-corrected chi connectivity index (χ4v) is 4.26. The second-order valence-electron chi connectivity index (χ2n) is 9.21. The highest BCUT2D eigenvalue weighted by atomic mass is 32.2. The van der Waals surface area contributed by atoms with Gasteiger partial charge in [-0.25, -0.2) is 0 Å². The van der Waals surface area contributed by atoms with E-state index in [-0.39, 0.29) is 10.8 Å². The second-order valence-corrected chi connectivity index (χ2v) is 10.6. The lowest BCUT2D eigenvalue weighted by Gasteiger charge is -2.09. The minimum absolute atomic E-state index is 0.0474. The molecule has 0 spiro atoms. The van der Waals surface area contributed by atoms with Gasteiger partial charge in [-0.3, -0.25) is 9.35 Å². The van der Waals surface area contributed by atoms with Gasteiger partial charge in [-0.05, 0) is 58.5 Å². The first-order valence-corrected chi connectivity index (χ1v) is 14.2. The number of amides is 1. The summed E-state index contributed by atoms with van der Waals surface area (Å²) in [4.78, 5) is 13.1. The summed E-state index contributed by atoms with van der Waals surface area (Å²) in [6.07, 6.45) is 14.3. The molecule has 0 saturated heterocycles. The van der Waals surface area contributed by atoms with Crippen LogP contribution >= 0.6 is 0 Å². The molecule has 1 aromatic rings. The van der Waals surface area contributed by atoms with Gasteiger partial charge in [0, 0.05) is 12.1 Å². The molecule has 6 nitrogen and oxygen atoms in total. The highest BCUT2D eigenvalue weighted by Gasteiger charge is 2.13. The van der Waals surface area contributed by atoms with Crippen LogP contribution in [-0.4, -0.2) is 51.0 Å². The molecular weight excluding hydrogens is 448 g/mol. The smallest absolute Gasteiger partial charge is 0.294 e. The summed E-state index contributed by atoms with van der Waals surface area (Å²) in [5.74, 6) is -0.0474. The summed E-state index contributed by atoms with van der Waals surface area (Å²) in [6.45, 7) is 9.21. The van der Waals surface area contributed by atoms with Crippen molar-refractivity contribution in [3.8, 4) is 0 Å². The lowest BCUT2D eigenvalue weighted by molar-refractivity contribution is -0.117. The molecule has 0 aromatic heterocycles. The van der Waals surface area contributed by atoms with Crippen molar-refractivity contribution in [1.82, 2.24) is 10.2 Å². The molecule has 0 aliphatic rings. The standard InChI is InChI=1S/C18H30O3S.C9H18N2O/c1-2-3-4-5-6-7-8-9-10-11-14-17-15-12-13-16-18(17)22(19,20)21;1-8(2)9(12)10-6-5-7-11(3)4/h12-13,15-16H,2-11,14H2,1H3,(H,19,20,21);1,5-7H2,2-4H3,(H,10,12). The van der Waals surface area contributed by atoms with Crippen molar-refractivity contribution in [3.05, 3.63) is 42.0 Å². The van der Waals surface area contributed by atoms with Gasteiger partial charge >= 0.3 is 0 Å². The van der Waals surface area contributed by atoms with E-state index in [1.54, 1.807) is 19.1 Å². The van der Waals surface area contributed by atoms with Gasteiger partial charge in [0.15, 0.2) is 0 Å². The fourth-order valence-electron chi connectivity index (χ4n) is 3.51. The summed E-state index contributed by atoms with van der Waals surface area (Å²) in [6, 6.07) is 6.73. The van der Waals surface area contributed by atoms with E-state index in [9.17, 15) is 17.8 Å². The zero-order chi connectivity index (χ0) is 25.8. The second kappa shape index (κ2) is 19.6. The van der Waals surface area contributed by atoms with Gasteiger partial charge in [0.2, 0.25) is 5.91 Å². The van der Waals surface area contributed by atoms with Crippen molar-refractivity contribution in [2.75, 3.05) is 27.2 Å². The van der Waals surface area contributed by atoms with Crippen molar-refractivity contribution in [2.45, 2.75) is 95.8 Å². The largest absolute Gasteiger partial charge is 0.352 e. The Morgan fingerprint density at radius 3 is 1.97 bits per heavy atom. The summed E-state index contributed by atoms with van der Waals surface area (Å²) in [5, 5.41) is 2.77. The Kier molecular flexibility index (Phi) is 18.6. The molecular formula is C27H48N2O4S. The average molecular weight is 497 g/mol. The van der Waals surface area contributed by atoms with Crippen LogP contribution < -0.4 is 5.32 Å². The van der Waals surface area contributed by atoms with Crippen molar-refractivity contribution in [2.24, 2.45) is 0 Å². The number of unbranched alkanes of at least 4 members (excludes halogenated alkanes) is 9. The average Bonchev–Trinajstić information content (AvgIpc) is 2.77. The predicted octanol–water partition coefficient (Wildman–Crippen LogP) is 6.03. The number of rotatable bonds is 17. The molecule has 0 atom stereocenters. The number of nitrogens with one attached hydrogen (secondary N) is 1. The molecule has 34 heavy (non-hydrogen) atoms. The molecule has 1 amide bonds. The summed E-state index contributed by atoms with van der Waals surface area (Å²) < 4.78 is 31.8. The van der Waals surface area contributed by atoms with Crippen LogP contribution in [0.2, 0.25) is 0 Å². The first-order chi connectivity index (χ1) is 16.1. The van der Waals surface area contributed by atoms with E-state index < -0.39 is 10.1 Å². The number of carbonyl (C=O) groups is 1. The third-order valence-corrected chi connectivity index (χ3v) is 6.46. The highest BCUT2D eigenvalue weighted by Crippen LogP contribution is 2.18. The minimum Gasteiger partial charge on any atom is -0.352 e. The van der Waals surface area contributed by atoms with Gasteiger partial charge in [-0.2, -0.15) is 8.42 Å². The monoisotopic (exact) mass is 496 g/mol. The fraction of sp³-hybridized carbons (Fsp3) is 0.667. The Labute approximate surface area is 209 Å². The molecule has 196 valence electrons. The van der Waals surface area contributed by atoms with Crippen molar-refractivity contribution in [1.29, 1.82) is 0 Å². The van der Waals surface area contributed by atoms with Gasteiger partial charge in [0.25, 0.3) is 10.1 Å². The van der Waals surface area contributed by atoms with Crippen molar-refractivity contribution >= 4 is 16.0 Å². The molecule has 0 aliphatic heterocycles. The predicted molar refractivity (Wildman–Crippen MR) is 143 cm³/mol. The maximum atomic E-state index is 11.3. The number of hydrogen-bond donors (Lipinski definition) is 2. The van der Waals surface area contributed by atoms with Crippen LogP contribution in [-0.2, 0) is 21.3 Å². The molecule has 0 fully saturated rings. The third kappa shape index (κ3) is 17.7. The molecule has 0 radical (unpaired) electrons. The van der Waals surface area contributed by atoms with Crippen LogP contribution in [0.25, 0.3) is 0 Å². The van der Waals surface area contributed by atoms with E-state index in [0.717, 1.165) is 37.9 Å². The minimum atomic E-state index is -4.10. The summed E-state index contributed by atoms with van der Waals surface area (Å²) in [5.41, 5.74) is 1.30. The molecule has 7 heteroatoms. The van der Waals surface area contributed by atoms with Crippen molar-refractivity contribution < 1.29 is 17.8 Å². The van der Waals surface area contributed by atoms with Crippen LogP contribution in [0.15, 0.2) is 41.3 Å². The third-order valence-electron chi connectivity index (χ3n) is 5.51. The normalized spacial score (nSPS) is 11.1. The van der Waals surface area contributed by atoms with Crippen LogP contribution in [0.4, 0.5) is 0 Å². The SMILES string of the molecule is C=C(C)C(=O)NCCCN(C)C.CCCCCCCCCCCCc1ccccc1S(=O)(=O)O. The number of aryl methyl sites for hydroxylation is 1. The van der Waals surface area contributed by atoms with E-state index in [1.807, 2.05) is 20.2 Å². The summed E-state index contributed by atoms with van der Waals surface area (Å²) in [7, 11) is -0.0670. The number of carbonyl (C=O) groups excluding carboxylic acids is 1. The molecule has 1 aromatic carbocycles. The van der Waals surface area contributed by atoms with E-state index in [1.165, 1.54) is 57.4 Å². The lowest BCUT2D eigenvalue weighted by Crippen LogP contribution is -2.27.